The van der Waals surface area contributed by atoms with E-state index in [-0.39, 0.29) is 0 Å². The molecule has 4 heterocycles. The molecular formula is C26H20ClN5O4. The van der Waals surface area contributed by atoms with E-state index in [9.17, 15) is 9.59 Å². The van der Waals surface area contributed by atoms with Gasteiger partial charge in [0, 0.05) is 28.5 Å². The van der Waals surface area contributed by atoms with Gasteiger partial charge in [-0.05, 0) is 48.4 Å². The van der Waals surface area contributed by atoms with Gasteiger partial charge in [-0.3, -0.25) is 15.0 Å². The van der Waals surface area contributed by atoms with Crippen LogP contribution in [-0.2, 0) is 6.42 Å². The number of amides is 1. The summed E-state index contributed by atoms with van der Waals surface area (Å²) in [5.74, 6) is 0.615. The summed E-state index contributed by atoms with van der Waals surface area (Å²) in [6, 6.07) is 14.1. The molecule has 1 amide bonds. The molecule has 1 aliphatic heterocycles. The SMILES string of the molecule is CCc1nn2c(ncc3c(=O)n(NC(=O)c4ccc5c(c4)OCCO5)ccc32)c1-c1cccc(Cl)c1. The number of hydrogen-bond acceptors (Lipinski definition) is 6. The van der Waals surface area contributed by atoms with Crippen molar-refractivity contribution in [2.75, 3.05) is 18.6 Å². The molecular weight excluding hydrogens is 482 g/mol. The van der Waals surface area contributed by atoms with Crippen LogP contribution in [0.1, 0.15) is 23.0 Å². The Morgan fingerprint density at radius 3 is 2.75 bits per heavy atom. The normalized spacial score (nSPS) is 12.7. The molecule has 3 aromatic heterocycles. The van der Waals surface area contributed by atoms with Gasteiger partial charge in [-0.2, -0.15) is 5.10 Å². The fourth-order valence-electron chi connectivity index (χ4n) is 4.35. The molecule has 10 heteroatoms. The second-order valence-electron chi connectivity index (χ2n) is 8.27. The smallest absolute Gasteiger partial charge is 0.280 e. The van der Waals surface area contributed by atoms with Crippen LogP contribution < -0.4 is 20.5 Å². The van der Waals surface area contributed by atoms with E-state index in [4.69, 9.17) is 26.2 Å². The molecule has 6 rings (SSSR count). The average Bonchev–Trinajstić information content (AvgIpc) is 3.29. The molecule has 2 aromatic carbocycles. The van der Waals surface area contributed by atoms with Gasteiger partial charge in [-0.25, -0.2) is 14.2 Å². The van der Waals surface area contributed by atoms with Crippen molar-refractivity contribution in [3.63, 3.8) is 0 Å². The Morgan fingerprint density at radius 2 is 1.94 bits per heavy atom. The summed E-state index contributed by atoms with van der Waals surface area (Å²) in [5.41, 5.74) is 6.37. The van der Waals surface area contributed by atoms with E-state index in [1.54, 1.807) is 28.8 Å². The molecule has 0 radical (unpaired) electrons. The number of ether oxygens (including phenoxy) is 2. The molecule has 0 aliphatic carbocycles. The number of rotatable bonds is 4. The second kappa shape index (κ2) is 8.69. The fraction of sp³-hybridized carbons (Fsp3) is 0.154. The van der Waals surface area contributed by atoms with Gasteiger partial charge in [0.15, 0.2) is 17.1 Å². The van der Waals surface area contributed by atoms with E-state index < -0.39 is 11.5 Å². The number of nitrogens with one attached hydrogen (secondary N) is 1. The lowest BCUT2D eigenvalue weighted by atomic mass is 10.0. The number of aromatic nitrogens is 4. The first-order valence-corrected chi connectivity index (χ1v) is 11.8. The lowest BCUT2D eigenvalue weighted by Gasteiger charge is -2.18. The van der Waals surface area contributed by atoms with Crippen molar-refractivity contribution in [3.05, 3.63) is 87.6 Å². The zero-order chi connectivity index (χ0) is 24.8. The van der Waals surface area contributed by atoms with E-state index in [2.05, 4.69) is 10.4 Å². The largest absolute Gasteiger partial charge is 0.486 e. The standard InChI is InChI=1S/C26H20ClN5O4/c1-2-19-23(15-4-3-5-17(27)12-15)24-28-14-18-20(32(24)29-19)8-9-31(26(18)34)30-25(33)16-6-7-21-22(13-16)36-11-10-35-21/h3-9,12-14H,2,10-11H2,1H3,(H,30,33). The van der Waals surface area contributed by atoms with Gasteiger partial charge >= 0.3 is 0 Å². The monoisotopic (exact) mass is 501 g/mol. The first-order chi connectivity index (χ1) is 17.5. The van der Waals surface area contributed by atoms with Crippen LogP contribution >= 0.6 is 11.6 Å². The number of aryl methyl sites for hydroxylation is 1. The highest BCUT2D eigenvalue weighted by atomic mass is 35.5. The average molecular weight is 502 g/mol. The molecule has 0 bridgehead atoms. The Morgan fingerprint density at radius 1 is 1.11 bits per heavy atom. The number of halogens is 1. The molecule has 0 unspecified atom stereocenters. The highest BCUT2D eigenvalue weighted by Crippen LogP contribution is 2.32. The number of benzene rings is 2. The molecule has 1 aliphatic rings. The van der Waals surface area contributed by atoms with Gasteiger partial charge in [-0.15, -0.1) is 0 Å². The molecule has 0 saturated carbocycles. The minimum absolute atomic E-state index is 0.315. The summed E-state index contributed by atoms with van der Waals surface area (Å²) >= 11 is 6.22. The van der Waals surface area contributed by atoms with Crippen LogP contribution in [0.3, 0.4) is 0 Å². The minimum Gasteiger partial charge on any atom is -0.486 e. The van der Waals surface area contributed by atoms with Crippen LogP contribution in [0, 0.1) is 0 Å². The highest BCUT2D eigenvalue weighted by molar-refractivity contribution is 6.30. The maximum Gasteiger partial charge on any atom is 0.280 e. The Labute approximate surface area is 209 Å². The lowest BCUT2D eigenvalue weighted by molar-refractivity contribution is 0.101. The zero-order valence-electron chi connectivity index (χ0n) is 19.2. The van der Waals surface area contributed by atoms with Crippen LogP contribution in [0.2, 0.25) is 5.02 Å². The molecule has 36 heavy (non-hydrogen) atoms. The van der Waals surface area contributed by atoms with Gasteiger partial charge in [-0.1, -0.05) is 30.7 Å². The third kappa shape index (κ3) is 3.64. The minimum atomic E-state index is -0.460. The third-order valence-corrected chi connectivity index (χ3v) is 6.29. The number of fused-ring (bicyclic) bond motifs is 4. The molecule has 180 valence electrons. The summed E-state index contributed by atoms with van der Waals surface area (Å²) in [5, 5.41) is 5.67. The van der Waals surface area contributed by atoms with E-state index >= 15 is 0 Å². The first kappa shape index (κ1) is 22.1. The van der Waals surface area contributed by atoms with Crippen molar-refractivity contribution < 1.29 is 14.3 Å². The van der Waals surface area contributed by atoms with Crippen molar-refractivity contribution >= 4 is 34.1 Å². The summed E-state index contributed by atoms with van der Waals surface area (Å²) in [6.07, 6.45) is 3.69. The van der Waals surface area contributed by atoms with E-state index in [1.165, 1.54) is 12.4 Å². The van der Waals surface area contributed by atoms with E-state index in [0.717, 1.165) is 21.5 Å². The van der Waals surface area contributed by atoms with Crippen LogP contribution in [0.5, 0.6) is 11.5 Å². The van der Waals surface area contributed by atoms with Crippen LogP contribution in [-0.4, -0.2) is 38.4 Å². The van der Waals surface area contributed by atoms with Gasteiger partial charge < -0.3 is 9.47 Å². The Hall–Kier alpha value is -4.37. The quantitative estimate of drug-likeness (QED) is 0.398. The highest BCUT2D eigenvalue weighted by Gasteiger charge is 2.19. The molecule has 0 fully saturated rings. The van der Waals surface area contributed by atoms with Gasteiger partial charge in [0.25, 0.3) is 11.5 Å². The van der Waals surface area contributed by atoms with Crippen molar-refractivity contribution in [2.45, 2.75) is 13.3 Å². The third-order valence-electron chi connectivity index (χ3n) is 6.06. The predicted molar refractivity (Wildman–Crippen MR) is 136 cm³/mol. The molecule has 1 N–H and O–H groups in total. The maximum atomic E-state index is 13.3. The topological polar surface area (TPSA) is 99.8 Å². The van der Waals surface area contributed by atoms with Crippen molar-refractivity contribution in [1.29, 1.82) is 0 Å². The van der Waals surface area contributed by atoms with Crippen LogP contribution in [0.4, 0.5) is 0 Å². The van der Waals surface area contributed by atoms with Crippen molar-refractivity contribution in [1.82, 2.24) is 19.3 Å². The molecule has 0 saturated heterocycles. The van der Waals surface area contributed by atoms with Crippen LogP contribution in [0.15, 0.2) is 65.7 Å². The van der Waals surface area contributed by atoms with Gasteiger partial charge in [0.05, 0.1) is 16.6 Å². The van der Waals surface area contributed by atoms with E-state index in [1.807, 2.05) is 31.2 Å². The number of pyridine rings is 1. The molecule has 9 nitrogen and oxygen atoms in total. The first-order valence-electron chi connectivity index (χ1n) is 11.4. The lowest BCUT2D eigenvalue weighted by Crippen LogP contribution is -2.33. The van der Waals surface area contributed by atoms with E-state index in [0.29, 0.717) is 58.3 Å². The Kier molecular flexibility index (Phi) is 5.34. The number of carbonyl (C=O) groups is 1. The summed E-state index contributed by atoms with van der Waals surface area (Å²) < 4.78 is 13.8. The molecule has 5 aromatic rings. The summed E-state index contributed by atoms with van der Waals surface area (Å²) in [6.45, 7) is 2.89. The Bertz CT molecular complexity index is 1730. The maximum absolute atomic E-state index is 13.3. The van der Waals surface area contributed by atoms with Crippen molar-refractivity contribution in [2.24, 2.45) is 0 Å². The summed E-state index contributed by atoms with van der Waals surface area (Å²) in [4.78, 5) is 30.7. The zero-order valence-corrected chi connectivity index (χ0v) is 20.0. The van der Waals surface area contributed by atoms with Gasteiger partial charge in [0.1, 0.15) is 13.2 Å². The van der Waals surface area contributed by atoms with Crippen LogP contribution in [0.25, 0.3) is 27.7 Å². The molecule has 0 spiro atoms. The predicted octanol–water partition coefficient (Wildman–Crippen LogP) is 4.08. The second-order valence-corrected chi connectivity index (χ2v) is 8.70. The van der Waals surface area contributed by atoms with Crippen molar-refractivity contribution in [3.8, 4) is 22.6 Å². The number of carbonyl (C=O) groups excluding carboxylic acids is 1. The Balaban J connectivity index is 1.40. The number of hydrogen-bond donors (Lipinski definition) is 1. The fourth-order valence-corrected chi connectivity index (χ4v) is 4.54. The molecule has 0 atom stereocenters. The number of nitrogens with zero attached hydrogens (tertiary/aromatic N) is 4. The summed E-state index contributed by atoms with van der Waals surface area (Å²) in [7, 11) is 0. The van der Waals surface area contributed by atoms with Gasteiger partial charge in [0.2, 0.25) is 0 Å².